The molecule has 4 heteroatoms. The first-order valence-corrected chi connectivity index (χ1v) is 1.24. The second kappa shape index (κ2) is 8.92. The van der Waals surface area contributed by atoms with Crippen molar-refractivity contribution < 1.29 is 8.78 Å². The Labute approximate surface area is 41.1 Å². The Hall–Kier alpha value is 0.110. The summed E-state index contributed by atoms with van der Waals surface area (Å²) in [5.74, 6) is 0. The van der Waals surface area contributed by atoms with Crippen LogP contribution in [-0.4, -0.2) is 13.6 Å². The van der Waals surface area contributed by atoms with Crippen molar-refractivity contribution in [3.8, 4) is 0 Å². The fraction of sp³-hybridized carbons (Fsp3) is 1.00. The van der Waals surface area contributed by atoms with E-state index in [4.69, 9.17) is 0 Å². The fourth-order valence-electron chi connectivity index (χ4n) is 0.0357. The molecule has 0 fully saturated rings. The van der Waals surface area contributed by atoms with Crippen LogP contribution in [0, 0.1) is 0 Å². The zero-order valence-electron chi connectivity index (χ0n) is 3.08. The predicted octanol–water partition coefficient (Wildman–Crippen LogP) is 0.852. The highest BCUT2D eigenvalue weighted by Gasteiger charge is 1.69. The molecule has 0 radical (unpaired) electrons. The minimum absolute atomic E-state index is 0. The van der Waals surface area contributed by atoms with E-state index in [-0.39, 0.29) is 12.4 Å². The van der Waals surface area contributed by atoms with Crippen LogP contribution >= 0.6 is 12.4 Å². The van der Waals surface area contributed by atoms with Crippen molar-refractivity contribution in [1.29, 1.82) is 0 Å². The SMILES string of the molecule is Cl.FCNCF. The van der Waals surface area contributed by atoms with Crippen LogP contribution in [0.3, 0.4) is 0 Å². The second-order valence-electron chi connectivity index (χ2n) is 0.517. The third-order valence-corrected chi connectivity index (χ3v) is 0.189. The molecular formula is C2H6ClF2N. The number of hydrogen-bond donors (Lipinski definition) is 1. The number of rotatable bonds is 2. The van der Waals surface area contributed by atoms with Gasteiger partial charge in [0.25, 0.3) is 0 Å². The van der Waals surface area contributed by atoms with Crippen molar-refractivity contribution in [3.05, 3.63) is 0 Å². The molecule has 0 aromatic rings. The van der Waals surface area contributed by atoms with E-state index >= 15 is 0 Å². The van der Waals surface area contributed by atoms with E-state index in [2.05, 4.69) is 0 Å². The quantitative estimate of drug-likeness (QED) is 0.529. The van der Waals surface area contributed by atoms with Gasteiger partial charge in [-0.05, 0) is 0 Å². The minimum Gasteiger partial charge on any atom is -0.263 e. The third kappa shape index (κ3) is 8.93. The topological polar surface area (TPSA) is 12.0 Å². The van der Waals surface area contributed by atoms with E-state index in [1.165, 1.54) is 0 Å². The Balaban J connectivity index is 0. The summed E-state index contributed by atoms with van der Waals surface area (Å²) in [7, 11) is 0. The van der Waals surface area contributed by atoms with E-state index in [0.717, 1.165) is 0 Å². The van der Waals surface area contributed by atoms with Crippen LogP contribution in [0.15, 0.2) is 0 Å². The Bertz CT molecular complexity index is 19.0. The van der Waals surface area contributed by atoms with Crippen molar-refractivity contribution in [1.82, 2.24) is 5.32 Å². The van der Waals surface area contributed by atoms with Crippen molar-refractivity contribution >= 4 is 12.4 Å². The summed E-state index contributed by atoms with van der Waals surface area (Å²) in [5, 5.41) is 1.78. The zero-order chi connectivity index (χ0) is 4.12. The van der Waals surface area contributed by atoms with Crippen molar-refractivity contribution in [2.24, 2.45) is 0 Å². The molecule has 0 bridgehead atoms. The smallest absolute Gasteiger partial charge is 0.142 e. The normalized spacial score (nSPS) is 7.00. The summed E-state index contributed by atoms with van der Waals surface area (Å²) in [4.78, 5) is 0. The van der Waals surface area contributed by atoms with Gasteiger partial charge in [0.15, 0.2) is 0 Å². The third-order valence-electron chi connectivity index (χ3n) is 0.189. The summed E-state index contributed by atoms with van der Waals surface area (Å²) >= 11 is 0. The van der Waals surface area contributed by atoms with Gasteiger partial charge in [0.05, 0.1) is 0 Å². The average Bonchev–Trinajstić information content (AvgIpc) is 1.41. The molecular weight excluding hydrogens is 111 g/mol. The molecule has 0 heterocycles. The molecule has 0 amide bonds. The Kier molecular flexibility index (Phi) is 14.0. The molecule has 40 valence electrons. The van der Waals surface area contributed by atoms with Gasteiger partial charge in [-0.3, -0.25) is 5.32 Å². The Morgan fingerprint density at radius 2 is 1.50 bits per heavy atom. The largest absolute Gasteiger partial charge is 0.263 e. The zero-order valence-corrected chi connectivity index (χ0v) is 3.89. The van der Waals surface area contributed by atoms with Gasteiger partial charge in [0.1, 0.15) is 13.6 Å². The number of alkyl halides is 2. The average molecular weight is 118 g/mol. The highest BCUT2D eigenvalue weighted by Crippen LogP contribution is 1.56. The van der Waals surface area contributed by atoms with Crippen LogP contribution < -0.4 is 5.32 Å². The lowest BCUT2D eigenvalue weighted by molar-refractivity contribution is 0.347. The maximum absolute atomic E-state index is 10.6. The van der Waals surface area contributed by atoms with Crippen molar-refractivity contribution in [3.63, 3.8) is 0 Å². The lowest BCUT2D eigenvalue weighted by Crippen LogP contribution is -2.07. The molecule has 1 N–H and O–H groups in total. The molecule has 0 aliphatic heterocycles. The van der Waals surface area contributed by atoms with Gasteiger partial charge in [-0.15, -0.1) is 12.4 Å². The van der Waals surface area contributed by atoms with Gasteiger partial charge >= 0.3 is 0 Å². The highest BCUT2D eigenvalue weighted by molar-refractivity contribution is 5.85. The van der Waals surface area contributed by atoms with Gasteiger partial charge < -0.3 is 0 Å². The van der Waals surface area contributed by atoms with E-state index < -0.39 is 13.6 Å². The van der Waals surface area contributed by atoms with E-state index in [1.54, 1.807) is 5.32 Å². The Morgan fingerprint density at radius 3 is 1.50 bits per heavy atom. The molecule has 0 unspecified atom stereocenters. The molecule has 0 atom stereocenters. The van der Waals surface area contributed by atoms with Crippen LogP contribution in [0.4, 0.5) is 8.78 Å². The lowest BCUT2D eigenvalue weighted by atomic mass is 11.2. The first-order chi connectivity index (χ1) is 2.41. The second-order valence-corrected chi connectivity index (χ2v) is 0.517. The summed E-state index contributed by atoms with van der Waals surface area (Å²) < 4.78 is 21.3. The first kappa shape index (κ1) is 9.44. The van der Waals surface area contributed by atoms with E-state index in [1.807, 2.05) is 0 Å². The molecule has 0 spiro atoms. The number of hydrogen-bond acceptors (Lipinski definition) is 1. The van der Waals surface area contributed by atoms with Gasteiger partial charge in [-0.2, -0.15) is 0 Å². The molecule has 0 saturated heterocycles. The molecule has 0 saturated carbocycles. The molecule has 0 aliphatic rings. The monoisotopic (exact) mass is 117 g/mol. The van der Waals surface area contributed by atoms with Crippen molar-refractivity contribution in [2.75, 3.05) is 13.6 Å². The molecule has 0 aromatic carbocycles. The molecule has 0 rings (SSSR count). The summed E-state index contributed by atoms with van der Waals surface area (Å²) in [6, 6.07) is 0. The van der Waals surface area contributed by atoms with Crippen molar-refractivity contribution in [2.45, 2.75) is 0 Å². The first-order valence-electron chi connectivity index (χ1n) is 1.24. The van der Waals surface area contributed by atoms with Gasteiger partial charge in [0.2, 0.25) is 0 Å². The standard InChI is InChI=1S/C2H5F2N.ClH/c3-1-5-2-4;/h5H,1-2H2;1H. The summed E-state index contributed by atoms with van der Waals surface area (Å²) in [6.07, 6.45) is 0. The number of halogens is 3. The van der Waals surface area contributed by atoms with Crippen LogP contribution in [0.2, 0.25) is 0 Å². The Morgan fingerprint density at radius 1 is 1.17 bits per heavy atom. The van der Waals surface area contributed by atoms with Gasteiger partial charge in [0, 0.05) is 0 Å². The summed E-state index contributed by atoms with van der Waals surface area (Å²) in [6.45, 7) is -1.56. The number of nitrogens with one attached hydrogen (secondary N) is 1. The minimum atomic E-state index is -0.781. The van der Waals surface area contributed by atoms with Crippen LogP contribution in [0.25, 0.3) is 0 Å². The lowest BCUT2D eigenvalue weighted by Gasteiger charge is -1.80. The molecule has 6 heavy (non-hydrogen) atoms. The van der Waals surface area contributed by atoms with E-state index in [0.29, 0.717) is 0 Å². The highest BCUT2D eigenvalue weighted by atomic mass is 35.5. The van der Waals surface area contributed by atoms with E-state index in [9.17, 15) is 8.78 Å². The maximum atomic E-state index is 10.6. The maximum Gasteiger partial charge on any atom is 0.142 e. The van der Waals surface area contributed by atoms with Crippen LogP contribution in [-0.2, 0) is 0 Å². The van der Waals surface area contributed by atoms with Crippen LogP contribution in [0.1, 0.15) is 0 Å². The summed E-state index contributed by atoms with van der Waals surface area (Å²) in [5.41, 5.74) is 0. The molecule has 0 aromatic heterocycles. The van der Waals surface area contributed by atoms with Gasteiger partial charge in [-0.25, -0.2) is 8.78 Å². The predicted molar refractivity (Wildman–Crippen MR) is 22.3 cm³/mol. The fourth-order valence-corrected chi connectivity index (χ4v) is 0.0357. The molecule has 1 nitrogen and oxygen atoms in total. The molecule has 0 aliphatic carbocycles. The van der Waals surface area contributed by atoms with Crippen LogP contribution in [0.5, 0.6) is 0 Å². The van der Waals surface area contributed by atoms with Gasteiger partial charge in [-0.1, -0.05) is 0 Å².